The number of carboxylic acids is 1. The lowest BCUT2D eigenvalue weighted by Crippen LogP contribution is -2.39. The predicted octanol–water partition coefficient (Wildman–Crippen LogP) is 4.48. The minimum absolute atomic E-state index is 0.0442. The third kappa shape index (κ3) is 4.50. The number of benzene rings is 3. The van der Waals surface area contributed by atoms with E-state index in [4.69, 9.17) is 14.6 Å². The monoisotopic (exact) mass is 377 g/mol. The van der Waals surface area contributed by atoms with E-state index in [2.05, 4.69) is 23.1 Å². The largest absolute Gasteiger partial charge is 0.481 e. The number of aliphatic carboxylic acids is 1. The van der Waals surface area contributed by atoms with Gasteiger partial charge in [-0.1, -0.05) is 42.5 Å². The third-order valence-electron chi connectivity index (χ3n) is 5.00. The highest BCUT2D eigenvalue weighted by Gasteiger charge is 2.22. The van der Waals surface area contributed by atoms with E-state index < -0.39 is 5.97 Å². The third-order valence-corrected chi connectivity index (χ3v) is 5.00. The van der Waals surface area contributed by atoms with Crippen LogP contribution in [0.15, 0.2) is 66.7 Å². The zero-order valence-corrected chi connectivity index (χ0v) is 15.6. The Bertz CT molecular complexity index is 954. The SMILES string of the molecule is O=C(O)CCN1CCOC(c2ccc(Oc3ccc4ccccc4c3)cc2)C1. The lowest BCUT2D eigenvalue weighted by Gasteiger charge is -2.32. The summed E-state index contributed by atoms with van der Waals surface area (Å²) in [6.45, 7) is 2.64. The van der Waals surface area contributed by atoms with Gasteiger partial charge in [0.15, 0.2) is 0 Å². The molecule has 1 fully saturated rings. The molecule has 5 heteroatoms. The summed E-state index contributed by atoms with van der Waals surface area (Å²) in [5.74, 6) is 0.816. The van der Waals surface area contributed by atoms with Crippen LogP contribution in [0.3, 0.4) is 0 Å². The lowest BCUT2D eigenvalue weighted by molar-refractivity contribution is -0.137. The Hall–Kier alpha value is -2.89. The average molecular weight is 377 g/mol. The van der Waals surface area contributed by atoms with Crippen molar-refractivity contribution in [1.29, 1.82) is 0 Å². The first-order valence-corrected chi connectivity index (χ1v) is 9.50. The van der Waals surface area contributed by atoms with Crippen molar-refractivity contribution in [2.24, 2.45) is 0 Å². The Morgan fingerprint density at radius 2 is 1.79 bits per heavy atom. The minimum Gasteiger partial charge on any atom is -0.481 e. The maximum absolute atomic E-state index is 10.8. The van der Waals surface area contributed by atoms with Gasteiger partial charge in [0.05, 0.1) is 19.1 Å². The van der Waals surface area contributed by atoms with E-state index >= 15 is 0 Å². The molecule has 1 atom stereocenters. The smallest absolute Gasteiger partial charge is 0.304 e. The fourth-order valence-corrected chi connectivity index (χ4v) is 3.48. The van der Waals surface area contributed by atoms with Gasteiger partial charge in [-0.15, -0.1) is 0 Å². The number of ether oxygens (including phenoxy) is 2. The molecule has 144 valence electrons. The average Bonchev–Trinajstić information content (AvgIpc) is 2.73. The number of carbonyl (C=O) groups is 1. The molecule has 0 aliphatic carbocycles. The van der Waals surface area contributed by atoms with Gasteiger partial charge in [0.25, 0.3) is 0 Å². The quantitative estimate of drug-likeness (QED) is 0.686. The topological polar surface area (TPSA) is 59.0 Å². The van der Waals surface area contributed by atoms with Crippen LogP contribution in [0.4, 0.5) is 0 Å². The van der Waals surface area contributed by atoms with Crippen LogP contribution in [0.2, 0.25) is 0 Å². The van der Waals surface area contributed by atoms with Gasteiger partial charge in [0.2, 0.25) is 0 Å². The fourth-order valence-electron chi connectivity index (χ4n) is 3.48. The van der Waals surface area contributed by atoms with Crippen LogP contribution in [-0.2, 0) is 9.53 Å². The molecule has 0 bridgehead atoms. The van der Waals surface area contributed by atoms with E-state index in [-0.39, 0.29) is 12.5 Å². The Kier molecular flexibility index (Phi) is 5.55. The molecule has 1 saturated heterocycles. The van der Waals surface area contributed by atoms with Crippen LogP contribution in [0.1, 0.15) is 18.1 Å². The normalized spacial score (nSPS) is 17.5. The second kappa shape index (κ2) is 8.42. The first-order chi connectivity index (χ1) is 13.7. The number of fused-ring (bicyclic) bond motifs is 1. The van der Waals surface area contributed by atoms with Crippen molar-refractivity contribution in [1.82, 2.24) is 4.90 Å². The molecule has 1 unspecified atom stereocenters. The molecule has 4 rings (SSSR count). The Morgan fingerprint density at radius 1 is 1.04 bits per heavy atom. The molecule has 5 nitrogen and oxygen atoms in total. The van der Waals surface area contributed by atoms with E-state index in [0.29, 0.717) is 19.7 Å². The maximum Gasteiger partial charge on any atom is 0.304 e. The van der Waals surface area contributed by atoms with E-state index in [1.807, 2.05) is 48.5 Å². The number of carboxylic acid groups (broad SMARTS) is 1. The highest BCUT2D eigenvalue weighted by Crippen LogP contribution is 2.28. The van der Waals surface area contributed by atoms with E-state index in [1.165, 1.54) is 5.39 Å². The molecule has 1 N–H and O–H groups in total. The maximum atomic E-state index is 10.8. The summed E-state index contributed by atoms with van der Waals surface area (Å²) in [5.41, 5.74) is 1.07. The second-order valence-electron chi connectivity index (χ2n) is 6.98. The van der Waals surface area contributed by atoms with E-state index in [0.717, 1.165) is 29.0 Å². The van der Waals surface area contributed by atoms with Crippen molar-refractivity contribution in [3.05, 3.63) is 72.3 Å². The summed E-state index contributed by atoms with van der Waals surface area (Å²) in [7, 11) is 0. The molecule has 3 aromatic rings. The summed E-state index contributed by atoms with van der Waals surface area (Å²) >= 11 is 0. The van der Waals surface area contributed by atoms with Crippen molar-refractivity contribution in [2.45, 2.75) is 12.5 Å². The predicted molar refractivity (Wildman–Crippen MR) is 108 cm³/mol. The highest BCUT2D eigenvalue weighted by atomic mass is 16.5. The molecule has 0 aromatic heterocycles. The molecular weight excluding hydrogens is 354 g/mol. The molecule has 0 amide bonds. The summed E-state index contributed by atoms with van der Waals surface area (Å²) in [6, 6.07) is 22.2. The molecule has 1 aliphatic heterocycles. The molecule has 1 heterocycles. The molecule has 28 heavy (non-hydrogen) atoms. The summed E-state index contributed by atoms with van der Waals surface area (Å²) in [4.78, 5) is 12.9. The summed E-state index contributed by atoms with van der Waals surface area (Å²) in [5, 5.41) is 11.2. The number of morpholine rings is 1. The van der Waals surface area contributed by atoms with Crippen molar-refractivity contribution in [2.75, 3.05) is 26.2 Å². The van der Waals surface area contributed by atoms with Crippen molar-refractivity contribution in [3.8, 4) is 11.5 Å². The molecule has 3 aromatic carbocycles. The Balaban J connectivity index is 1.40. The van der Waals surface area contributed by atoms with Gasteiger partial charge >= 0.3 is 5.97 Å². The summed E-state index contributed by atoms with van der Waals surface area (Å²) in [6.07, 6.45) is 0.114. The van der Waals surface area contributed by atoms with Crippen LogP contribution < -0.4 is 4.74 Å². The molecular formula is C23H23NO4. The number of hydrogen-bond acceptors (Lipinski definition) is 4. The minimum atomic E-state index is -0.766. The zero-order chi connectivity index (χ0) is 19.3. The molecule has 0 spiro atoms. The van der Waals surface area contributed by atoms with Gasteiger partial charge in [-0.2, -0.15) is 0 Å². The van der Waals surface area contributed by atoms with Crippen LogP contribution in [0.25, 0.3) is 10.8 Å². The molecule has 0 radical (unpaired) electrons. The van der Waals surface area contributed by atoms with E-state index in [9.17, 15) is 4.79 Å². The van der Waals surface area contributed by atoms with Gasteiger partial charge < -0.3 is 14.6 Å². The number of nitrogens with zero attached hydrogens (tertiary/aromatic N) is 1. The van der Waals surface area contributed by atoms with Crippen LogP contribution in [0.5, 0.6) is 11.5 Å². The van der Waals surface area contributed by atoms with Crippen molar-refractivity contribution in [3.63, 3.8) is 0 Å². The van der Waals surface area contributed by atoms with Crippen molar-refractivity contribution >= 4 is 16.7 Å². The fraction of sp³-hybridized carbons (Fsp3) is 0.261. The number of hydrogen-bond donors (Lipinski definition) is 1. The summed E-state index contributed by atoms with van der Waals surface area (Å²) < 4.78 is 11.9. The highest BCUT2D eigenvalue weighted by molar-refractivity contribution is 5.83. The Morgan fingerprint density at radius 3 is 2.57 bits per heavy atom. The molecule has 0 saturated carbocycles. The first-order valence-electron chi connectivity index (χ1n) is 9.50. The standard InChI is InChI=1S/C23H23NO4/c25-23(26)11-12-24-13-14-27-22(16-24)18-6-8-20(9-7-18)28-21-10-5-17-3-1-2-4-19(17)15-21/h1-10,15,22H,11-14,16H2,(H,25,26). The van der Waals surface area contributed by atoms with Crippen molar-refractivity contribution < 1.29 is 19.4 Å². The lowest BCUT2D eigenvalue weighted by atomic mass is 10.1. The Labute approximate surface area is 164 Å². The molecule has 1 aliphatic rings. The van der Waals surface area contributed by atoms with Gasteiger partial charge in [0, 0.05) is 19.6 Å². The van der Waals surface area contributed by atoms with Gasteiger partial charge in [-0.25, -0.2) is 0 Å². The second-order valence-corrected chi connectivity index (χ2v) is 6.98. The van der Waals surface area contributed by atoms with Crippen LogP contribution in [0, 0.1) is 0 Å². The van der Waals surface area contributed by atoms with Crippen LogP contribution >= 0.6 is 0 Å². The van der Waals surface area contributed by atoms with E-state index in [1.54, 1.807) is 0 Å². The first kappa shape index (κ1) is 18.5. The number of rotatable bonds is 6. The van der Waals surface area contributed by atoms with Gasteiger partial charge in [-0.3, -0.25) is 9.69 Å². The van der Waals surface area contributed by atoms with Crippen LogP contribution in [-0.4, -0.2) is 42.2 Å². The zero-order valence-electron chi connectivity index (χ0n) is 15.6. The van der Waals surface area contributed by atoms with Gasteiger partial charge in [0.1, 0.15) is 11.5 Å². The van der Waals surface area contributed by atoms with Gasteiger partial charge in [-0.05, 0) is 40.6 Å².